The lowest BCUT2D eigenvalue weighted by atomic mass is 9.80. The van der Waals surface area contributed by atoms with Gasteiger partial charge in [-0.2, -0.15) is 0 Å². The summed E-state index contributed by atoms with van der Waals surface area (Å²) in [5.74, 6) is 0.875. The molecule has 2 heterocycles. The Balaban J connectivity index is 1.65. The first-order valence-electron chi connectivity index (χ1n) is 7.52. The first kappa shape index (κ1) is 13.0. The van der Waals surface area contributed by atoms with Crippen molar-refractivity contribution in [3.05, 3.63) is 23.8 Å². The zero-order chi connectivity index (χ0) is 13.1. The summed E-state index contributed by atoms with van der Waals surface area (Å²) in [5, 5.41) is 3.79. The SMILES string of the molecule is Cc1nccc(CN2CCNC3(CCCCC3)C2)n1. The summed E-state index contributed by atoms with van der Waals surface area (Å²) in [5.41, 5.74) is 1.54. The van der Waals surface area contributed by atoms with Gasteiger partial charge in [0.05, 0.1) is 5.69 Å². The zero-order valence-electron chi connectivity index (χ0n) is 11.9. The van der Waals surface area contributed by atoms with Crippen molar-refractivity contribution in [2.75, 3.05) is 19.6 Å². The molecule has 3 rings (SSSR count). The number of piperazine rings is 1. The second-order valence-corrected chi connectivity index (χ2v) is 6.07. The molecule has 2 fully saturated rings. The number of nitrogens with zero attached hydrogens (tertiary/aromatic N) is 3. The second kappa shape index (κ2) is 5.55. The first-order chi connectivity index (χ1) is 9.26. The van der Waals surface area contributed by atoms with Crippen LogP contribution >= 0.6 is 0 Å². The van der Waals surface area contributed by atoms with Gasteiger partial charge in [-0.15, -0.1) is 0 Å². The van der Waals surface area contributed by atoms with E-state index in [0.29, 0.717) is 5.54 Å². The summed E-state index contributed by atoms with van der Waals surface area (Å²) < 4.78 is 0. The van der Waals surface area contributed by atoms with Crippen molar-refractivity contribution in [1.82, 2.24) is 20.2 Å². The van der Waals surface area contributed by atoms with Crippen LogP contribution in [0.4, 0.5) is 0 Å². The van der Waals surface area contributed by atoms with Gasteiger partial charge in [0, 0.05) is 37.9 Å². The lowest BCUT2D eigenvalue weighted by Crippen LogP contribution is -2.60. The van der Waals surface area contributed by atoms with E-state index in [4.69, 9.17) is 0 Å². The van der Waals surface area contributed by atoms with Crippen molar-refractivity contribution in [1.29, 1.82) is 0 Å². The van der Waals surface area contributed by atoms with E-state index in [2.05, 4.69) is 20.2 Å². The molecule has 0 atom stereocenters. The quantitative estimate of drug-likeness (QED) is 0.881. The molecule has 4 heteroatoms. The predicted molar refractivity (Wildman–Crippen MR) is 75.9 cm³/mol. The molecule has 1 saturated heterocycles. The minimum absolute atomic E-state index is 0.387. The van der Waals surface area contributed by atoms with Crippen molar-refractivity contribution in [2.45, 2.75) is 51.1 Å². The summed E-state index contributed by atoms with van der Waals surface area (Å²) in [7, 11) is 0. The van der Waals surface area contributed by atoms with E-state index >= 15 is 0 Å². The van der Waals surface area contributed by atoms with Crippen LogP contribution in [0.3, 0.4) is 0 Å². The minimum Gasteiger partial charge on any atom is -0.309 e. The van der Waals surface area contributed by atoms with Gasteiger partial charge >= 0.3 is 0 Å². The van der Waals surface area contributed by atoms with E-state index in [9.17, 15) is 0 Å². The van der Waals surface area contributed by atoms with Gasteiger partial charge in [-0.3, -0.25) is 4.90 Å². The van der Waals surface area contributed by atoms with Crippen molar-refractivity contribution in [3.8, 4) is 0 Å². The third kappa shape index (κ3) is 3.12. The van der Waals surface area contributed by atoms with Crippen LogP contribution in [0.2, 0.25) is 0 Å². The largest absolute Gasteiger partial charge is 0.309 e. The Kier molecular flexibility index (Phi) is 3.80. The highest BCUT2D eigenvalue weighted by Gasteiger charge is 2.35. The van der Waals surface area contributed by atoms with Crippen LogP contribution in [0.15, 0.2) is 12.3 Å². The van der Waals surface area contributed by atoms with Crippen LogP contribution in [0.5, 0.6) is 0 Å². The fourth-order valence-electron chi connectivity index (χ4n) is 3.56. The average molecular weight is 260 g/mol. The highest BCUT2D eigenvalue weighted by molar-refractivity contribution is 5.04. The summed E-state index contributed by atoms with van der Waals surface area (Å²) in [4.78, 5) is 11.3. The molecule has 0 aromatic carbocycles. The Labute approximate surface area is 115 Å². The first-order valence-corrected chi connectivity index (χ1v) is 7.52. The van der Waals surface area contributed by atoms with Crippen LogP contribution in [0.1, 0.15) is 43.6 Å². The Morgan fingerprint density at radius 2 is 2.16 bits per heavy atom. The molecule has 1 aliphatic carbocycles. The Hall–Kier alpha value is -1.00. The van der Waals surface area contributed by atoms with Gasteiger partial charge in [0.1, 0.15) is 5.82 Å². The predicted octanol–water partition coefficient (Wildman–Crippen LogP) is 1.89. The molecule has 104 valence electrons. The maximum absolute atomic E-state index is 4.53. The number of aromatic nitrogens is 2. The number of aryl methyl sites for hydroxylation is 1. The average Bonchev–Trinajstić information content (AvgIpc) is 2.40. The fourth-order valence-corrected chi connectivity index (χ4v) is 3.56. The monoisotopic (exact) mass is 260 g/mol. The topological polar surface area (TPSA) is 41.1 Å². The molecule has 1 aromatic heterocycles. The lowest BCUT2D eigenvalue weighted by molar-refractivity contribution is 0.0936. The molecular weight excluding hydrogens is 236 g/mol. The van der Waals surface area contributed by atoms with Crippen LogP contribution in [-0.4, -0.2) is 40.0 Å². The fraction of sp³-hybridized carbons (Fsp3) is 0.733. The zero-order valence-corrected chi connectivity index (χ0v) is 11.9. The minimum atomic E-state index is 0.387. The van der Waals surface area contributed by atoms with Crippen LogP contribution in [-0.2, 0) is 6.54 Å². The molecule has 1 aromatic rings. The lowest BCUT2D eigenvalue weighted by Gasteiger charge is -2.46. The number of hydrogen-bond donors (Lipinski definition) is 1. The maximum Gasteiger partial charge on any atom is 0.125 e. The van der Waals surface area contributed by atoms with Crippen molar-refractivity contribution in [2.24, 2.45) is 0 Å². The molecule has 1 N–H and O–H groups in total. The second-order valence-electron chi connectivity index (χ2n) is 6.07. The van der Waals surface area contributed by atoms with E-state index in [0.717, 1.165) is 31.2 Å². The summed E-state index contributed by atoms with van der Waals surface area (Å²) in [6.45, 7) is 6.35. The van der Waals surface area contributed by atoms with E-state index < -0.39 is 0 Å². The van der Waals surface area contributed by atoms with Crippen molar-refractivity contribution >= 4 is 0 Å². The number of hydrogen-bond acceptors (Lipinski definition) is 4. The van der Waals surface area contributed by atoms with Gasteiger partial charge in [-0.05, 0) is 25.8 Å². The van der Waals surface area contributed by atoms with Crippen LogP contribution in [0, 0.1) is 6.92 Å². The molecule has 1 spiro atoms. The molecule has 0 radical (unpaired) electrons. The van der Waals surface area contributed by atoms with E-state index in [1.165, 1.54) is 38.6 Å². The van der Waals surface area contributed by atoms with Crippen LogP contribution < -0.4 is 5.32 Å². The van der Waals surface area contributed by atoms with E-state index in [1.54, 1.807) is 0 Å². The van der Waals surface area contributed by atoms with Crippen LogP contribution in [0.25, 0.3) is 0 Å². The third-order valence-electron chi connectivity index (χ3n) is 4.48. The molecule has 0 amide bonds. The summed E-state index contributed by atoms with van der Waals surface area (Å²) in [6.07, 6.45) is 8.73. The van der Waals surface area contributed by atoms with Gasteiger partial charge in [-0.1, -0.05) is 19.3 Å². The highest BCUT2D eigenvalue weighted by atomic mass is 15.2. The summed E-state index contributed by atoms with van der Waals surface area (Å²) >= 11 is 0. The Morgan fingerprint density at radius 3 is 2.95 bits per heavy atom. The van der Waals surface area contributed by atoms with E-state index in [1.807, 2.05) is 19.2 Å². The molecular formula is C15H24N4. The van der Waals surface area contributed by atoms with Gasteiger partial charge in [-0.25, -0.2) is 9.97 Å². The third-order valence-corrected chi connectivity index (χ3v) is 4.48. The molecule has 19 heavy (non-hydrogen) atoms. The smallest absolute Gasteiger partial charge is 0.125 e. The van der Waals surface area contributed by atoms with Gasteiger partial charge in [0.2, 0.25) is 0 Å². The van der Waals surface area contributed by atoms with Gasteiger partial charge < -0.3 is 5.32 Å². The molecule has 1 aliphatic heterocycles. The number of nitrogens with one attached hydrogen (secondary N) is 1. The standard InChI is InChI=1S/C15H24N4/c1-13-16-8-5-14(18-13)11-19-10-9-17-15(12-19)6-3-2-4-7-15/h5,8,17H,2-4,6-7,9-12H2,1H3. The Morgan fingerprint density at radius 1 is 1.32 bits per heavy atom. The molecule has 1 saturated carbocycles. The van der Waals surface area contributed by atoms with Gasteiger partial charge in [0.15, 0.2) is 0 Å². The number of rotatable bonds is 2. The normalized spacial score (nSPS) is 23.6. The van der Waals surface area contributed by atoms with Crippen molar-refractivity contribution in [3.63, 3.8) is 0 Å². The molecule has 0 unspecified atom stereocenters. The van der Waals surface area contributed by atoms with Crippen molar-refractivity contribution < 1.29 is 0 Å². The molecule has 4 nitrogen and oxygen atoms in total. The molecule has 0 bridgehead atoms. The molecule has 2 aliphatic rings. The Bertz CT molecular complexity index is 420. The summed E-state index contributed by atoms with van der Waals surface area (Å²) in [6, 6.07) is 2.04. The maximum atomic E-state index is 4.53. The highest BCUT2D eigenvalue weighted by Crippen LogP contribution is 2.30. The van der Waals surface area contributed by atoms with E-state index in [-0.39, 0.29) is 0 Å². The van der Waals surface area contributed by atoms with Gasteiger partial charge in [0.25, 0.3) is 0 Å².